The van der Waals surface area contributed by atoms with E-state index in [0.29, 0.717) is 13.0 Å². The molecule has 3 aromatic rings. The van der Waals surface area contributed by atoms with Gasteiger partial charge in [0.05, 0.1) is 13.5 Å². The number of para-hydroxylation sites is 1. The first-order valence-electron chi connectivity index (χ1n) is 8.71. The summed E-state index contributed by atoms with van der Waals surface area (Å²) < 4.78 is 7.35. The van der Waals surface area contributed by atoms with Gasteiger partial charge in [-0.1, -0.05) is 30.3 Å². The average Bonchev–Trinajstić information content (AvgIpc) is 2.95. The maximum Gasteiger partial charge on any atom is 0.224 e. The summed E-state index contributed by atoms with van der Waals surface area (Å²) in [4.78, 5) is 12.3. The van der Waals surface area contributed by atoms with Crippen molar-refractivity contribution >= 4 is 5.91 Å². The molecule has 1 aromatic heterocycles. The molecule has 4 heteroatoms. The first-order valence-corrected chi connectivity index (χ1v) is 8.71. The molecule has 1 amide bonds. The topological polar surface area (TPSA) is 43.3 Å². The molecule has 0 unspecified atom stereocenters. The molecule has 0 bridgehead atoms. The molecule has 0 aliphatic rings. The number of carbonyl (C=O) groups is 1. The summed E-state index contributed by atoms with van der Waals surface area (Å²) >= 11 is 0. The van der Waals surface area contributed by atoms with Crippen LogP contribution in [0.25, 0.3) is 5.69 Å². The second-order valence-corrected chi connectivity index (χ2v) is 6.37. The minimum atomic E-state index is 0.0136. The molecule has 134 valence electrons. The molecule has 0 atom stereocenters. The molecule has 1 heterocycles. The van der Waals surface area contributed by atoms with E-state index in [0.717, 1.165) is 34.0 Å². The Bertz CT molecular complexity index is 881. The van der Waals surface area contributed by atoms with Crippen molar-refractivity contribution in [1.82, 2.24) is 9.88 Å². The van der Waals surface area contributed by atoms with E-state index in [-0.39, 0.29) is 5.91 Å². The highest BCUT2D eigenvalue weighted by molar-refractivity contribution is 5.78. The molecular formula is C22H24N2O2. The van der Waals surface area contributed by atoms with E-state index in [4.69, 9.17) is 4.74 Å². The van der Waals surface area contributed by atoms with Gasteiger partial charge in [-0.15, -0.1) is 0 Å². The average molecular weight is 348 g/mol. The van der Waals surface area contributed by atoms with Crippen LogP contribution < -0.4 is 10.1 Å². The summed E-state index contributed by atoms with van der Waals surface area (Å²) in [6.45, 7) is 4.70. The number of rotatable bonds is 6. The molecule has 0 radical (unpaired) electrons. The molecule has 2 aromatic carbocycles. The molecule has 0 fully saturated rings. The number of nitrogens with zero attached hydrogens (tertiary/aromatic N) is 1. The van der Waals surface area contributed by atoms with E-state index in [1.807, 2.05) is 42.5 Å². The largest absolute Gasteiger partial charge is 0.497 e. The molecule has 4 nitrogen and oxygen atoms in total. The minimum Gasteiger partial charge on any atom is -0.497 e. The number of hydrogen-bond acceptors (Lipinski definition) is 2. The van der Waals surface area contributed by atoms with Crippen LogP contribution in [0.15, 0.2) is 60.7 Å². The van der Waals surface area contributed by atoms with Crippen molar-refractivity contribution in [3.63, 3.8) is 0 Å². The zero-order valence-electron chi connectivity index (χ0n) is 15.5. The lowest BCUT2D eigenvalue weighted by Crippen LogP contribution is -2.24. The van der Waals surface area contributed by atoms with Gasteiger partial charge in [-0.3, -0.25) is 4.79 Å². The highest BCUT2D eigenvalue weighted by atomic mass is 16.5. The van der Waals surface area contributed by atoms with Crippen LogP contribution >= 0.6 is 0 Å². The van der Waals surface area contributed by atoms with Crippen LogP contribution in [0.4, 0.5) is 0 Å². The van der Waals surface area contributed by atoms with Gasteiger partial charge in [0.15, 0.2) is 0 Å². The Labute approximate surface area is 154 Å². The summed E-state index contributed by atoms with van der Waals surface area (Å²) in [6.07, 6.45) is 0.363. The third kappa shape index (κ3) is 3.97. The zero-order chi connectivity index (χ0) is 18.5. The first-order chi connectivity index (χ1) is 12.6. The van der Waals surface area contributed by atoms with Crippen molar-refractivity contribution < 1.29 is 9.53 Å². The summed E-state index contributed by atoms with van der Waals surface area (Å²) in [5.74, 6) is 0.808. The van der Waals surface area contributed by atoms with E-state index in [9.17, 15) is 4.79 Å². The minimum absolute atomic E-state index is 0.0136. The van der Waals surface area contributed by atoms with Crippen LogP contribution in [0.5, 0.6) is 5.75 Å². The Morgan fingerprint density at radius 3 is 2.38 bits per heavy atom. The van der Waals surface area contributed by atoms with Crippen LogP contribution in [0.1, 0.15) is 22.5 Å². The van der Waals surface area contributed by atoms with Crippen molar-refractivity contribution in [1.29, 1.82) is 0 Å². The quantitative estimate of drug-likeness (QED) is 0.733. The van der Waals surface area contributed by atoms with Crippen LogP contribution in [-0.4, -0.2) is 17.6 Å². The Balaban J connectivity index is 1.65. The summed E-state index contributed by atoms with van der Waals surface area (Å²) in [7, 11) is 1.63. The third-order valence-electron chi connectivity index (χ3n) is 4.55. The van der Waals surface area contributed by atoms with Gasteiger partial charge in [0.1, 0.15) is 5.75 Å². The lowest BCUT2D eigenvalue weighted by Gasteiger charge is -2.10. The normalized spacial score (nSPS) is 10.6. The first kappa shape index (κ1) is 17.8. The SMILES string of the molecule is COc1ccc(CC(=O)NCc2cc(C)n(-c3ccccc3)c2C)cc1. The summed E-state index contributed by atoms with van der Waals surface area (Å²) in [5, 5.41) is 3.03. The number of benzene rings is 2. The lowest BCUT2D eigenvalue weighted by molar-refractivity contribution is -0.120. The van der Waals surface area contributed by atoms with Crippen LogP contribution in [-0.2, 0) is 17.8 Å². The monoisotopic (exact) mass is 348 g/mol. The zero-order valence-corrected chi connectivity index (χ0v) is 15.5. The van der Waals surface area contributed by atoms with E-state index in [2.05, 4.69) is 41.9 Å². The van der Waals surface area contributed by atoms with Gasteiger partial charge < -0.3 is 14.6 Å². The van der Waals surface area contributed by atoms with Gasteiger partial charge in [0.25, 0.3) is 0 Å². The second kappa shape index (κ2) is 7.91. The second-order valence-electron chi connectivity index (χ2n) is 6.37. The van der Waals surface area contributed by atoms with Gasteiger partial charge >= 0.3 is 0 Å². The molecule has 26 heavy (non-hydrogen) atoms. The van der Waals surface area contributed by atoms with Crippen molar-refractivity contribution in [2.24, 2.45) is 0 Å². The molecule has 0 aliphatic heterocycles. The van der Waals surface area contributed by atoms with E-state index in [1.165, 1.54) is 0 Å². The molecule has 0 saturated heterocycles. The van der Waals surface area contributed by atoms with Crippen molar-refractivity contribution in [2.75, 3.05) is 7.11 Å². The number of ether oxygens (including phenoxy) is 1. The van der Waals surface area contributed by atoms with Crippen molar-refractivity contribution in [3.05, 3.63) is 83.2 Å². The number of nitrogens with one attached hydrogen (secondary N) is 1. The number of amides is 1. The smallest absolute Gasteiger partial charge is 0.224 e. The lowest BCUT2D eigenvalue weighted by atomic mass is 10.1. The van der Waals surface area contributed by atoms with Crippen molar-refractivity contribution in [3.8, 4) is 11.4 Å². The molecule has 3 rings (SSSR count). The van der Waals surface area contributed by atoms with Crippen molar-refractivity contribution in [2.45, 2.75) is 26.8 Å². The number of aromatic nitrogens is 1. The van der Waals surface area contributed by atoms with Gasteiger partial charge in [-0.2, -0.15) is 0 Å². The van der Waals surface area contributed by atoms with Gasteiger partial charge in [-0.05, 0) is 55.3 Å². The molecular weight excluding hydrogens is 324 g/mol. The van der Waals surface area contributed by atoms with Crippen LogP contribution in [0, 0.1) is 13.8 Å². The van der Waals surface area contributed by atoms with Crippen LogP contribution in [0.3, 0.4) is 0 Å². The highest BCUT2D eigenvalue weighted by Gasteiger charge is 2.11. The van der Waals surface area contributed by atoms with E-state index in [1.54, 1.807) is 7.11 Å². The predicted molar refractivity (Wildman–Crippen MR) is 104 cm³/mol. The van der Waals surface area contributed by atoms with E-state index >= 15 is 0 Å². The predicted octanol–water partition coefficient (Wildman–Crippen LogP) is 3.96. The highest BCUT2D eigenvalue weighted by Crippen LogP contribution is 2.20. The Morgan fingerprint density at radius 2 is 1.73 bits per heavy atom. The maximum absolute atomic E-state index is 12.3. The summed E-state index contributed by atoms with van der Waals surface area (Å²) in [6, 6.07) is 20.0. The number of aryl methyl sites for hydroxylation is 1. The fourth-order valence-corrected chi connectivity index (χ4v) is 3.17. The number of methoxy groups -OCH3 is 1. The Morgan fingerprint density at radius 1 is 1.04 bits per heavy atom. The number of hydrogen-bond donors (Lipinski definition) is 1. The third-order valence-corrected chi connectivity index (χ3v) is 4.55. The van der Waals surface area contributed by atoms with Gasteiger partial charge in [0, 0.05) is 23.6 Å². The van der Waals surface area contributed by atoms with Crippen LogP contribution in [0.2, 0.25) is 0 Å². The van der Waals surface area contributed by atoms with Gasteiger partial charge in [0.2, 0.25) is 5.91 Å². The van der Waals surface area contributed by atoms with Gasteiger partial charge in [-0.25, -0.2) is 0 Å². The molecule has 0 aliphatic carbocycles. The fourth-order valence-electron chi connectivity index (χ4n) is 3.17. The Hall–Kier alpha value is -3.01. The summed E-state index contributed by atoms with van der Waals surface area (Å²) in [5.41, 5.74) is 5.55. The van der Waals surface area contributed by atoms with E-state index < -0.39 is 0 Å². The fraction of sp³-hybridized carbons (Fsp3) is 0.227. The Kier molecular flexibility index (Phi) is 5.42. The number of carbonyl (C=O) groups excluding carboxylic acids is 1. The maximum atomic E-state index is 12.3. The molecule has 0 saturated carbocycles. The standard InChI is InChI=1S/C22H24N2O2/c1-16-13-19(17(2)24(16)20-7-5-4-6-8-20)15-23-22(25)14-18-9-11-21(26-3)12-10-18/h4-13H,14-15H2,1-3H3,(H,23,25). The molecule has 1 N–H and O–H groups in total. The molecule has 0 spiro atoms.